The van der Waals surface area contributed by atoms with Crippen LogP contribution in [-0.2, 0) is 10.6 Å². The lowest BCUT2D eigenvalue weighted by atomic mass is 10.6. The normalized spacial score (nSPS) is 9.83. The maximum absolute atomic E-state index is 11.0. The number of imidazole rings is 1. The van der Waals surface area contributed by atoms with E-state index in [0.717, 1.165) is 0 Å². The summed E-state index contributed by atoms with van der Waals surface area (Å²) in [5.74, 6) is 0.298. The standard InChI is InChI=1S/C7H9ClN2O2/c1-2-12-7(11)10-4-6(3-8)9-5-10/h4-5H,2-3H2,1H3. The fourth-order valence-electron chi connectivity index (χ4n) is 0.730. The second-order valence-corrected chi connectivity index (χ2v) is 2.37. The topological polar surface area (TPSA) is 44.1 Å². The van der Waals surface area contributed by atoms with Crippen LogP contribution >= 0.6 is 11.6 Å². The number of carbonyl (C=O) groups excluding carboxylic acids is 1. The fraction of sp³-hybridized carbons (Fsp3) is 0.429. The molecule has 1 rings (SSSR count). The van der Waals surface area contributed by atoms with Crippen molar-refractivity contribution in [2.75, 3.05) is 6.61 Å². The average Bonchev–Trinajstić information content (AvgIpc) is 2.52. The second-order valence-electron chi connectivity index (χ2n) is 2.10. The van der Waals surface area contributed by atoms with Crippen molar-refractivity contribution in [2.24, 2.45) is 0 Å². The molecule has 12 heavy (non-hydrogen) atoms. The minimum absolute atomic E-state index is 0.298. The molecule has 0 atom stereocenters. The summed E-state index contributed by atoms with van der Waals surface area (Å²) in [6, 6.07) is 0. The molecule has 0 aliphatic heterocycles. The minimum Gasteiger partial charge on any atom is -0.449 e. The molecule has 0 saturated carbocycles. The van der Waals surface area contributed by atoms with Gasteiger partial charge in [-0.1, -0.05) is 0 Å². The van der Waals surface area contributed by atoms with E-state index in [4.69, 9.17) is 16.3 Å². The van der Waals surface area contributed by atoms with Gasteiger partial charge in [-0.25, -0.2) is 14.3 Å². The summed E-state index contributed by atoms with van der Waals surface area (Å²) in [4.78, 5) is 14.9. The Labute approximate surface area is 75.1 Å². The largest absolute Gasteiger partial charge is 0.449 e. The van der Waals surface area contributed by atoms with Gasteiger partial charge in [-0.15, -0.1) is 11.6 Å². The smallest absolute Gasteiger partial charge is 0.419 e. The van der Waals surface area contributed by atoms with Crippen LogP contribution in [0.1, 0.15) is 12.6 Å². The number of hydrogen-bond donors (Lipinski definition) is 0. The summed E-state index contributed by atoms with van der Waals surface area (Å²) in [5, 5.41) is 0. The van der Waals surface area contributed by atoms with Crippen molar-refractivity contribution in [3.05, 3.63) is 18.2 Å². The number of alkyl halides is 1. The predicted octanol–water partition coefficient (Wildman–Crippen LogP) is 1.63. The number of rotatable bonds is 2. The van der Waals surface area contributed by atoms with Crippen molar-refractivity contribution in [3.8, 4) is 0 Å². The SMILES string of the molecule is CCOC(=O)n1cnc(CCl)c1. The summed E-state index contributed by atoms with van der Waals surface area (Å²) >= 11 is 5.49. The van der Waals surface area contributed by atoms with Gasteiger partial charge in [0.25, 0.3) is 0 Å². The van der Waals surface area contributed by atoms with E-state index in [2.05, 4.69) is 4.98 Å². The van der Waals surface area contributed by atoms with Crippen LogP contribution in [-0.4, -0.2) is 22.3 Å². The lowest BCUT2D eigenvalue weighted by Gasteiger charge is -1.99. The third-order valence-electron chi connectivity index (χ3n) is 1.25. The molecular weight excluding hydrogens is 180 g/mol. The first-order valence-corrected chi connectivity index (χ1v) is 4.07. The van der Waals surface area contributed by atoms with Crippen LogP contribution in [0.25, 0.3) is 0 Å². The van der Waals surface area contributed by atoms with Crippen LogP contribution in [0.5, 0.6) is 0 Å². The summed E-state index contributed by atoms with van der Waals surface area (Å²) in [6.45, 7) is 2.10. The first-order valence-electron chi connectivity index (χ1n) is 3.54. The summed E-state index contributed by atoms with van der Waals surface area (Å²) in [5.41, 5.74) is 0.657. The molecule has 0 saturated heterocycles. The lowest BCUT2D eigenvalue weighted by molar-refractivity contribution is 0.154. The van der Waals surface area contributed by atoms with Gasteiger partial charge in [-0.3, -0.25) is 0 Å². The van der Waals surface area contributed by atoms with E-state index in [1.165, 1.54) is 10.9 Å². The monoisotopic (exact) mass is 188 g/mol. The maximum atomic E-state index is 11.0. The Hall–Kier alpha value is -1.03. The molecule has 1 aromatic heterocycles. The molecule has 1 aromatic rings. The first kappa shape index (κ1) is 9.06. The van der Waals surface area contributed by atoms with E-state index >= 15 is 0 Å². The lowest BCUT2D eigenvalue weighted by Crippen LogP contribution is -2.11. The van der Waals surface area contributed by atoms with Crippen LogP contribution in [0.15, 0.2) is 12.5 Å². The molecule has 0 aliphatic rings. The van der Waals surface area contributed by atoms with E-state index in [1.54, 1.807) is 13.1 Å². The van der Waals surface area contributed by atoms with Gasteiger partial charge in [0, 0.05) is 6.20 Å². The zero-order valence-electron chi connectivity index (χ0n) is 6.66. The highest BCUT2D eigenvalue weighted by Crippen LogP contribution is 2.00. The highest BCUT2D eigenvalue weighted by atomic mass is 35.5. The van der Waals surface area contributed by atoms with Gasteiger partial charge >= 0.3 is 6.09 Å². The highest BCUT2D eigenvalue weighted by molar-refractivity contribution is 6.16. The van der Waals surface area contributed by atoms with Gasteiger partial charge in [-0.05, 0) is 6.92 Å². The van der Waals surface area contributed by atoms with Crippen molar-refractivity contribution in [1.82, 2.24) is 9.55 Å². The molecule has 0 aliphatic carbocycles. The van der Waals surface area contributed by atoms with Crippen molar-refractivity contribution in [2.45, 2.75) is 12.8 Å². The Bertz CT molecular complexity index is 272. The van der Waals surface area contributed by atoms with E-state index in [9.17, 15) is 4.79 Å². The molecule has 0 N–H and O–H groups in total. The number of hydrogen-bond acceptors (Lipinski definition) is 3. The molecule has 0 bridgehead atoms. The molecule has 66 valence electrons. The molecule has 4 nitrogen and oxygen atoms in total. The van der Waals surface area contributed by atoms with Crippen molar-refractivity contribution in [3.63, 3.8) is 0 Å². The van der Waals surface area contributed by atoms with Crippen LogP contribution in [0.3, 0.4) is 0 Å². The predicted molar refractivity (Wildman–Crippen MR) is 44.2 cm³/mol. The fourth-order valence-corrected chi connectivity index (χ4v) is 0.868. The Balaban J connectivity index is 2.68. The van der Waals surface area contributed by atoms with E-state index in [1.807, 2.05) is 0 Å². The van der Waals surface area contributed by atoms with Gasteiger partial charge in [0.15, 0.2) is 0 Å². The molecule has 0 amide bonds. The molecule has 0 unspecified atom stereocenters. The number of nitrogens with zero attached hydrogens (tertiary/aromatic N) is 2. The Morgan fingerprint density at radius 2 is 2.58 bits per heavy atom. The van der Waals surface area contributed by atoms with Crippen LogP contribution < -0.4 is 0 Å². The second kappa shape index (κ2) is 4.11. The molecule has 0 aromatic carbocycles. The van der Waals surface area contributed by atoms with Gasteiger partial charge in [0.05, 0.1) is 18.2 Å². The summed E-state index contributed by atoms with van der Waals surface area (Å²) < 4.78 is 5.99. The molecule has 1 heterocycles. The third-order valence-corrected chi connectivity index (χ3v) is 1.53. The number of ether oxygens (including phenoxy) is 1. The Morgan fingerprint density at radius 1 is 1.83 bits per heavy atom. The van der Waals surface area contributed by atoms with Crippen molar-refractivity contribution >= 4 is 17.7 Å². The Morgan fingerprint density at radius 3 is 3.08 bits per heavy atom. The van der Waals surface area contributed by atoms with E-state index < -0.39 is 6.09 Å². The quantitative estimate of drug-likeness (QED) is 0.663. The number of aromatic nitrogens is 2. The first-order chi connectivity index (χ1) is 5.77. The molecule has 0 spiro atoms. The Kier molecular flexibility index (Phi) is 3.10. The molecular formula is C7H9ClN2O2. The maximum Gasteiger partial charge on any atom is 0.419 e. The van der Waals surface area contributed by atoms with Gasteiger partial charge < -0.3 is 4.74 Å². The average molecular weight is 189 g/mol. The summed E-state index contributed by atoms with van der Waals surface area (Å²) in [6.07, 6.45) is 2.50. The van der Waals surface area contributed by atoms with Gasteiger partial charge in [0.2, 0.25) is 0 Å². The van der Waals surface area contributed by atoms with Crippen LogP contribution in [0, 0.1) is 0 Å². The number of carbonyl (C=O) groups is 1. The summed E-state index contributed by atoms with van der Waals surface area (Å²) in [7, 11) is 0. The highest BCUT2D eigenvalue weighted by Gasteiger charge is 2.05. The van der Waals surface area contributed by atoms with Gasteiger partial charge in [0.1, 0.15) is 6.33 Å². The third kappa shape index (κ3) is 1.98. The van der Waals surface area contributed by atoms with Crippen molar-refractivity contribution < 1.29 is 9.53 Å². The van der Waals surface area contributed by atoms with E-state index in [0.29, 0.717) is 18.2 Å². The van der Waals surface area contributed by atoms with E-state index in [-0.39, 0.29) is 0 Å². The van der Waals surface area contributed by atoms with Gasteiger partial charge in [-0.2, -0.15) is 0 Å². The zero-order valence-corrected chi connectivity index (χ0v) is 7.41. The van der Waals surface area contributed by atoms with Crippen LogP contribution in [0.4, 0.5) is 4.79 Å². The number of halogens is 1. The van der Waals surface area contributed by atoms with Crippen molar-refractivity contribution in [1.29, 1.82) is 0 Å². The molecule has 0 fully saturated rings. The molecule has 0 radical (unpaired) electrons. The minimum atomic E-state index is -0.429. The van der Waals surface area contributed by atoms with Crippen LogP contribution in [0.2, 0.25) is 0 Å². The molecule has 5 heteroatoms. The zero-order chi connectivity index (χ0) is 8.97.